The first kappa shape index (κ1) is 48.6. The van der Waals surface area contributed by atoms with Gasteiger partial charge in [0.15, 0.2) is 0 Å². The number of aldehydes is 1. The summed E-state index contributed by atoms with van der Waals surface area (Å²) in [6.07, 6.45) is 15.6. The summed E-state index contributed by atoms with van der Waals surface area (Å²) in [7, 11) is 1.75. The van der Waals surface area contributed by atoms with E-state index in [1.165, 1.54) is 34.3 Å². The van der Waals surface area contributed by atoms with Crippen LogP contribution in [0.2, 0.25) is 0 Å². The van der Waals surface area contributed by atoms with E-state index >= 15 is 0 Å². The first-order valence-electron chi connectivity index (χ1n) is 20.5. The van der Waals surface area contributed by atoms with Gasteiger partial charge in [-0.1, -0.05) is 98.9 Å². The maximum absolute atomic E-state index is 10.4. The zero-order chi connectivity index (χ0) is 40.7. The second-order valence-electron chi connectivity index (χ2n) is 15.6. The van der Waals surface area contributed by atoms with Crippen LogP contribution in [-0.2, 0) is 14.3 Å². The summed E-state index contributed by atoms with van der Waals surface area (Å²) < 4.78 is 5.79. The molecule has 2 unspecified atom stereocenters. The number of hydrogen-bond donors (Lipinski definition) is 3. The van der Waals surface area contributed by atoms with Crippen LogP contribution in [0.15, 0.2) is 47.6 Å². The highest BCUT2D eigenvalue weighted by molar-refractivity contribution is 5.95. The van der Waals surface area contributed by atoms with Crippen molar-refractivity contribution in [3.8, 4) is 0 Å². The number of aromatic nitrogens is 1. The lowest BCUT2D eigenvalue weighted by molar-refractivity contribution is -0.110. The Hall–Kier alpha value is -3.46. The van der Waals surface area contributed by atoms with E-state index in [1.54, 1.807) is 7.11 Å². The van der Waals surface area contributed by atoms with Crippen molar-refractivity contribution >= 4 is 35.3 Å². The maximum atomic E-state index is 10.4. The Labute approximate surface area is 329 Å². The first-order valence-corrected chi connectivity index (χ1v) is 20.5. The van der Waals surface area contributed by atoms with Crippen LogP contribution >= 0.6 is 0 Å². The first-order chi connectivity index (χ1) is 25.8. The highest BCUT2D eigenvalue weighted by atomic mass is 16.5. The largest absolute Gasteiger partial charge is 0.375 e. The highest BCUT2D eigenvalue weighted by Gasteiger charge is 2.27. The van der Waals surface area contributed by atoms with Gasteiger partial charge in [0.05, 0.1) is 17.5 Å². The summed E-state index contributed by atoms with van der Waals surface area (Å²) in [5, 5.41) is 0. The Morgan fingerprint density at radius 3 is 2.28 bits per heavy atom. The molecular weight excluding hydrogens is 671 g/mol. The summed E-state index contributed by atoms with van der Waals surface area (Å²) in [6, 6.07) is 11.1. The average Bonchev–Trinajstić information content (AvgIpc) is 4.00. The van der Waals surface area contributed by atoms with Crippen LogP contribution in [-0.4, -0.2) is 43.1 Å². The van der Waals surface area contributed by atoms with Gasteiger partial charge < -0.3 is 15.3 Å². The van der Waals surface area contributed by atoms with Gasteiger partial charge in [0, 0.05) is 55.1 Å². The van der Waals surface area contributed by atoms with E-state index in [4.69, 9.17) is 20.4 Å². The third kappa shape index (κ3) is 17.3. The average molecular weight is 746 g/mol. The summed E-state index contributed by atoms with van der Waals surface area (Å²) in [5.41, 5.74) is 22.6. The van der Waals surface area contributed by atoms with Gasteiger partial charge in [-0.3, -0.25) is 20.2 Å². The monoisotopic (exact) mass is 746 g/mol. The molecule has 0 aliphatic heterocycles. The molecule has 1 aliphatic rings. The van der Waals surface area contributed by atoms with Crippen molar-refractivity contribution < 1.29 is 14.3 Å². The molecule has 0 spiro atoms. The molecule has 1 fully saturated rings. The van der Waals surface area contributed by atoms with Gasteiger partial charge in [0.25, 0.3) is 0 Å². The third-order valence-electron chi connectivity index (χ3n) is 9.80. The Morgan fingerprint density at radius 1 is 1.07 bits per heavy atom. The van der Waals surface area contributed by atoms with Gasteiger partial charge in [-0.2, -0.15) is 0 Å². The van der Waals surface area contributed by atoms with Gasteiger partial charge in [0.2, 0.25) is 6.41 Å². The molecule has 4 N–H and O–H groups in total. The zero-order valence-corrected chi connectivity index (χ0v) is 36.0. The van der Waals surface area contributed by atoms with Crippen molar-refractivity contribution in [2.45, 2.75) is 153 Å². The van der Waals surface area contributed by atoms with E-state index in [2.05, 4.69) is 117 Å². The number of nitrogens with zero attached hydrogens (tertiary/aromatic N) is 2. The number of pyridine rings is 1. The summed E-state index contributed by atoms with van der Waals surface area (Å²) in [6.45, 7) is 25.1. The van der Waals surface area contributed by atoms with Crippen LogP contribution in [0.25, 0.3) is 16.8 Å². The van der Waals surface area contributed by atoms with Crippen molar-refractivity contribution in [3.63, 3.8) is 0 Å². The number of aliphatic imine (C=N–C) groups is 1. The number of hydrogen-bond acceptors (Lipinski definition) is 7. The topological polar surface area (TPSA) is 119 Å². The van der Waals surface area contributed by atoms with Crippen molar-refractivity contribution in [2.75, 3.05) is 13.7 Å². The molecule has 1 saturated carbocycles. The molecule has 1 aromatic carbocycles. The van der Waals surface area contributed by atoms with Crippen LogP contribution in [0, 0.1) is 24.2 Å². The molecule has 2 atom stereocenters. The summed E-state index contributed by atoms with van der Waals surface area (Å²) >= 11 is 0. The maximum Gasteiger partial charge on any atom is 0.221 e. The molecule has 8 nitrogen and oxygen atoms in total. The molecule has 1 aromatic heterocycles. The van der Waals surface area contributed by atoms with Gasteiger partial charge in [0.1, 0.15) is 6.29 Å². The lowest BCUT2D eigenvalue weighted by Gasteiger charge is -2.30. The number of unbranched alkanes of at least 4 members (excludes halogenated alkanes) is 1. The number of nitrogens with two attached hydrogens (primary N) is 1. The normalized spacial score (nSPS) is 14.9. The molecule has 3 rings (SSSR count). The van der Waals surface area contributed by atoms with Crippen LogP contribution in [0.4, 0.5) is 0 Å². The predicted octanol–water partition coefficient (Wildman–Crippen LogP) is 10.9. The Bertz CT molecular complexity index is 1490. The molecule has 302 valence electrons. The minimum Gasteiger partial charge on any atom is -0.375 e. The van der Waals surface area contributed by atoms with E-state index in [0.717, 1.165) is 93.3 Å². The highest BCUT2D eigenvalue weighted by Crippen LogP contribution is 2.44. The van der Waals surface area contributed by atoms with Crippen molar-refractivity contribution in [1.82, 2.24) is 15.8 Å². The predicted molar refractivity (Wildman–Crippen MR) is 231 cm³/mol. The number of nitrogens with one attached hydrogen (secondary N) is 2. The molecule has 0 saturated heterocycles. The third-order valence-corrected chi connectivity index (χ3v) is 9.80. The van der Waals surface area contributed by atoms with E-state index in [1.807, 2.05) is 12.3 Å². The molecule has 1 aliphatic carbocycles. The Balaban J connectivity index is 0.00000162. The Kier molecular flexibility index (Phi) is 23.7. The van der Waals surface area contributed by atoms with Crippen molar-refractivity contribution in [3.05, 3.63) is 70.6 Å². The SMILES string of the molecule is C/C=C(\N=C(CC)CC(N)CCCCNNC=O)c1ccc(C)c(/C(CC(C)(C)CC)=C(/c2cccnc2C(C)OC)C(C)C)c1.CCC.O=CC1CC1. The molecule has 0 bridgehead atoms. The van der Waals surface area contributed by atoms with Crippen molar-refractivity contribution in [1.29, 1.82) is 0 Å². The number of aryl methyl sites for hydroxylation is 1. The molecule has 8 heteroatoms. The van der Waals surface area contributed by atoms with Crippen LogP contribution in [0.3, 0.4) is 0 Å². The quantitative estimate of drug-likeness (QED) is 0.0507. The number of rotatable bonds is 21. The Morgan fingerprint density at radius 2 is 1.76 bits per heavy atom. The van der Waals surface area contributed by atoms with E-state index in [-0.39, 0.29) is 23.5 Å². The lowest BCUT2D eigenvalue weighted by atomic mass is 9.75. The standard InChI is InChI=1S/C39H61N5O2.C4H6O.C3H8/c1-11-32(24-31(40)17-14-15-22-42-43-26-45)44-36(12-2)30-20-19-28(6)34(23-30)35(25-39(8,9)13-3)37(27(4)5)33-18-16-21-41-38(33)29(7)46-10;5-3-4-1-2-4;1-3-2/h12,16,18-21,23,26-27,29,31,42H,11,13-15,17,22,24-25,40H2,1-10H3,(H,43,45);3-4H,1-2H2;3H2,1-2H3/b36-12-,37-35+,44-32?;;. The molecule has 1 heterocycles. The second kappa shape index (κ2) is 26.4. The number of amides is 1. The van der Waals surface area contributed by atoms with Gasteiger partial charge >= 0.3 is 0 Å². The second-order valence-corrected chi connectivity index (χ2v) is 15.6. The molecule has 1 amide bonds. The fourth-order valence-corrected chi connectivity index (χ4v) is 6.05. The fraction of sp³-hybridized carbons (Fsp3) is 0.609. The van der Waals surface area contributed by atoms with Crippen LogP contribution in [0.1, 0.15) is 167 Å². The molecule has 54 heavy (non-hydrogen) atoms. The van der Waals surface area contributed by atoms with Crippen LogP contribution < -0.4 is 16.6 Å². The van der Waals surface area contributed by atoms with Crippen LogP contribution in [0.5, 0.6) is 0 Å². The number of hydrazine groups is 1. The minimum absolute atomic E-state index is 0.0481. The number of benzene rings is 1. The number of allylic oxidation sites excluding steroid dienone is 3. The van der Waals surface area contributed by atoms with E-state index in [9.17, 15) is 9.59 Å². The van der Waals surface area contributed by atoms with E-state index < -0.39 is 0 Å². The number of carbonyl (C=O) groups is 2. The smallest absolute Gasteiger partial charge is 0.221 e. The molecule has 2 aromatic rings. The van der Waals surface area contributed by atoms with Gasteiger partial charge in [-0.25, -0.2) is 5.43 Å². The zero-order valence-electron chi connectivity index (χ0n) is 36.0. The van der Waals surface area contributed by atoms with E-state index in [0.29, 0.717) is 12.3 Å². The molecular formula is C46H75N5O3. The number of carbonyl (C=O) groups excluding carboxylic acids is 2. The van der Waals surface area contributed by atoms with Gasteiger partial charge in [-0.15, -0.1) is 0 Å². The molecule has 0 radical (unpaired) electrons. The van der Waals surface area contributed by atoms with Crippen molar-refractivity contribution in [2.24, 2.45) is 28.0 Å². The van der Waals surface area contributed by atoms with Gasteiger partial charge in [-0.05, 0) is 105 Å². The minimum atomic E-state index is -0.114. The summed E-state index contributed by atoms with van der Waals surface area (Å²) in [5.74, 6) is 0.733. The summed E-state index contributed by atoms with van der Waals surface area (Å²) in [4.78, 5) is 30.0. The number of methoxy groups -OCH3 is 1. The number of ether oxygens (including phenoxy) is 1. The fourth-order valence-electron chi connectivity index (χ4n) is 6.05. The lowest BCUT2D eigenvalue weighted by Crippen LogP contribution is -2.31.